The highest BCUT2D eigenvalue weighted by Gasteiger charge is 2.28. The van der Waals surface area contributed by atoms with Crippen molar-refractivity contribution in [1.29, 1.82) is 0 Å². The van der Waals surface area contributed by atoms with Gasteiger partial charge >= 0.3 is 0 Å². The van der Waals surface area contributed by atoms with E-state index in [1.165, 1.54) is 44.9 Å². The van der Waals surface area contributed by atoms with Crippen molar-refractivity contribution in [2.75, 3.05) is 0 Å². The van der Waals surface area contributed by atoms with E-state index < -0.39 is 0 Å². The van der Waals surface area contributed by atoms with Gasteiger partial charge in [0.2, 0.25) is 0 Å². The van der Waals surface area contributed by atoms with Crippen LogP contribution in [0.3, 0.4) is 0 Å². The summed E-state index contributed by atoms with van der Waals surface area (Å²) >= 11 is 2.46. The van der Waals surface area contributed by atoms with E-state index >= 15 is 0 Å². The van der Waals surface area contributed by atoms with Gasteiger partial charge in [-0.05, 0) is 70.5 Å². The number of fused-ring (bicyclic) bond motifs is 6. The Morgan fingerprint density at radius 2 is 1.10 bits per heavy atom. The third kappa shape index (κ3) is 1.33. The molecule has 2 aliphatic carbocycles. The fraction of sp³-hybridized carbons (Fsp3) is 0.125. The van der Waals surface area contributed by atoms with Gasteiger partial charge in [-0.3, -0.25) is 0 Å². The van der Waals surface area contributed by atoms with Gasteiger partial charge in [0.1, 0.15) is 0 Å². The van der Waals surface area contributed by atoms with Crippen LogP contribution >= 0.6 is 22.7 Å². The second kappa shape index (κ2) is 3.57. The summed E-state index contributed by atoms with van der Waals surface area (Å²) in [6.45, 7) is 0. The van der Waals surface area contributed by atoms with Crippen molar-refractivity contribution in [3.8, 4) is 20.9 Å². The first-order valence-corrected chi connectivity index (χ1v) is 8.05. The molecule has 0 nitrogen and oxygen atoms in total. The molecular weight excluding hydrogens is 294 g/mol. The number of thiophene rings is 2. The van der Waals surface area contributed by atoms with Gasteiger partial charge in [0, 0.05) is 9.75 Å². The Bertz CT molecular complexity index is 812. The van der Waals surface area contributed by atoms with Crippen LogP contribution in [0.2, 0.25) is 0 Å². The van der Waals surface area contributed by atoms with Gasteiger partial charge in [-0.1, -0.05) is 0 Å². The summed E-state index contributed by atoms with van der Waals surface area (Å²) in [5.41, 5.74) is 7.00. The van der Waals surface area contributed by atoms with Crippen molar-refractivity contribution in [1.82, 2.24) is 0 Å². The van der Waals surface area contributed by atoms with E-state index in [0.717, 1.165) is 33.7 Å². The molecule has 0 atom stereocenters. The zero-order valence-electron chi connectivity index (χ0n) is 10.3. The Labute approximate surface area is 122 Å². The summed E-state index contributed by atoms with van der Waals surface area (Å²) in [7, 11) is 0. The topological polar surface area (TPSA) is 0 Å². The first-order valence-electron chi connectivity index (χ1n) is 6.42. The van der Waals surface area contributed by atoms with E-state index in [1.54, 1.807) is 12.1 Å². The van der Waals surface area contributed by atoms with E-state index in [2.05, 4.69) is 12.1 Å². The molecule has 0 saturated carbocycles. The minimum atomic E-state index is -0.109. The highest BCUT2D eigenvalue weighted by molar-refractivity contribution is 7.14. The molecule has 0 aliphatic heterocycles. The van der Waals surface area contributed by atoms with Crippen LogP contribution in [0.5, 0.6) is 0 Å². The van der Waals surface area contributed by atoms with Gasteiger partial charge in [0.05, 0.1) is 0 Å². The highest BCUT2D eigenvalue weighted by atomic mass is 32.1. The summed E-state index contributed by atoms with van der Waals surface area (Å²) in [5.74, 6) is 0. The third-order valence-corrected chi connectivity index (χ3v) is 6.14. The normalized spacial score (nSPS) is 14.1. The molecule has 2 aromatic heterocycles. The van der Waals surface area contributed by atoms with E-state index in [1.807, 2.05) is 0 Å². The lowest BCUT2D eigenvalue weighted by atomic mass is 10.0. The first kappa shape index (κ1) is 11.2. The van der Waals surface area contributed by atoms with Crippen LogP contribution in [0, 0.1) is 10.3 Å². The van der Waals surface area contributed by atoms with Crippen molar-refractivity contribution < 1.29 is 8.78 Å². The molecule has 2 aliphatic rings. The van der Waals surface area contributed by atoms with Gasteiger partial charge in [-0.15, -0.1) is 22.7 Å². The Hall–Kier alpha value is -1.52. The summed E-state index contributed by atoms with van der Waals surface area (Å²) < 4.78 is 26.7. The molecule has 0 N–H and O–H groups in total. The Kier molecular flexibility index (Phi) is 1.99. The van der Waals surface area contributed by atoms with E-state index in [9.17, 15) is 8.78 Å². The van der Waals surface area contributed by atoms with Crippen LogP contribution in [0.4, 0.5) is 8.78 Å². The number of rotatable bonds is 0. The molecule has 0 spiro atoms. The smallest absolute Gasteiger partial charge is 0.177 e. The predicted molar refractivity (Wildman–Crippen MR) is 78.6 cm³/mol. The van der Waals surface area contributed by atoms with Crippen LogP contribution < -0.4 is 0 Å². The van der Waals surface area contributed by atoms with Gasteiger partial charge < -0.3 is 0 Å². The molecule has 3 aromatic rings. The molecule has 0 radical (unpaired) electrons. The number of halogens is 2. The molecule has 20 heavy (non-hydrogen) atoms. The quantitative estimate of drug-likeness (QED) is 0.367. The Morgan fingerprint density at radius 3 is 1.55 bits per heavy atom. The second-order valence-corrected chi connectivity index (χ2v) is 7.33. The van der Waals surface area contributed by atoms with Crippen molar-refractivity contribution in [2.45, 2.75) is 12.8 Å². The molecule has 4 heteroatoms. The summed E-state index contributed by atoms with van der Waals surface area (Å²) in [6.07, 6.45) is 1.59. The average Bonchev–Trinajstić information content (AvgIpc) is 3.06. The standard InChI is InChI=1S/C16H8F2S2/c17-13-5-9-1-7-3-12-8(4-11(7)15(9)19-13)2-10-6-14(18)20-16(10)12/h3-6H,1-2H2. The number of hydrogen-bond acceptors (Lipinski definition) is 2. The second-order valence-electron chi connectivity index (χ2n) is 5.33. The summed E-state index contributed by atoms with van der Waals surface area (Å²) in [6, 6.07) is 7.64. The molecule has 0 unspecified atom stereocenters. The van der Waals surface area contributed by atoms with Crippen molar-refractivity contribution in [3.05, 3.63) is 56.8 Å². The Morgan fingerprint density at radius 1 is 0.650 bits per heavy atom. The molecule has 0 saturated heterocycles. The minimum Gasteiger partial charge on any atom is -0.195 e. The van der Waals surface area contributed by atoms with Crippen LogP contribution in [-0.2, 0) is 12.8 Å². The van der Waals surface area contributed by atoms with Gasteiger partial charge in [0.25, 0.3) is 0 Å². The van der Waals surface area contributed by atoms with Gasteiger partial charge in [0.15, 0.2) is 10.3 Å². The van der Waals surface area contributed by atoms with Gasteiger partial charge in [-0.2, -0.15) is 8.78 Å². The van der Waals surface area contributed by atoms with E-state index in [0.29, 0.717) is 0 Å². The molecule has 0 fully saturated rings. The fourth-order valence-electron chi connectivity index (χ4n) is 3.32. The van der Waals surface area contributed by atoms with Gasteiger partial charge in [-0.25, -0.2) is 0 Å². The zero-order chi connectivity index (χ0) is 13.4. The maximum Gasteiger partial charge on any atom is 0.177 e. The zero-order valence-corrected chi connectivity index (χ0v) is 11.9. The molecule has 5 rings (SSSR count). The van der Waals surface area contributed by atoms with Crippen LogP contribution in [0.25, 0.3) is 20.9 Å². The molecule has 1 aromatic carbocycles. The van der Waals surface area contributed by atoms with Crippen LogP contribution in [0.1, 0.15) is 22.3 Å². The van der Waals surface area contributed by atoms with Crippen molar-refractivity contribution in [3.63, 3.8) is 0 Å². The first-order chi connectivity index (χ1) is 9.69. The van der Waals surface area contributed by atoms with E-state index in [4.69, 9.17) is 0 Å². The summed E-state index contributed by atoms with van der Waals surface area (Å²) in [5, 5.41) is -0.218. The molecular formula is C16H8F2S2. The number of hydrogen-bond donors (Lipinski definition) is 0. The minimum absolute atomic E-state index is 0.109. The van der Waals surface area contributed by atoms with Crippen LogP contribution in [0.15, 0.2) is 24.3 Å². The van der Waals surface area contributed by atoms with E-state index in [-0.39, 0.29) is 10.3 Å². The molecule has 0 bridgehead atoms. The largest absolute Gasteiger partial charge is 0.195 e. The lowest BCUT2D eigenvalue weighted by Crippen LogP contribution is -1.86. The highest BCUT2D eigenvalue weighted by Crippen LogP contribution is 2.48. The third-order valence-electron chi connectivity index (χ3n) is 4.14. The number of benzene rings is 1. The lowest BCUT2D eigenvalue weighted by molar-refractivity contribution is 0.656. The Balaban J connectivity index is 1.74. The average molecular weight is 302 g/mol. The molecule has 98 valence electrons. The van der Waals surface area contributed by atoms with Crippen molar-refractivity contribution >= 4 is 22.7 Å². The summed E-state index contributed by atoms with van der Waals surface area (Å²) in [4.78, 5) is 2.14. The SMILES string of the molecule is Fc1cc2c(s1)-c1cc3c(cc1C2)-c1sc(F)cc1C3. The lowest BCUT2D eigenvalue weighted by Gasteiger charge is -2.05. The maximum atomic E-state index is 13.4. The fourth-order valence-corrected chi connectivity index (χ4v) is 5.24. The van der Waals surface area contributed by atoms with Crippen molar-refractivity contribution in [2.24, 2.45) is 0 Å². The molecule has 0 amide bonds. The monoisotopic (exact) mass is 302 g/mol. The molecule has 2 heterocycles. The predicted octanol–water partition coefficient (Wildman–Crippen LogP) is 5.23. The van der Waals surface area contributed by atoms with Crippen LogP contribution in [-0.4, -0.2) is 0 Å². The maximum absolute atomic E-state index is 13.4.